The minimum absolute atomic E-state index is 0.00623. The van der Waals surface area contributed by atoms with Crippen molar-refractivity contribution in [3.63, 3.8) is 0 Å². The molecule has 1 aliphatic carbocycles. The number of hydrazone groups is 1. The van der Waals surface area contributed by atoms with Gasteiger partial charge >= 0.3 is 0 Å². The van der Waals surface area contributed by atoms with E-state index in [4.69, 9.17) is 14.2 Å². The van der Waals surface area contributed by atoms with Gasteiger partial charge in [0.2, 0.25) is 0 Å². The van der Waals surface area contributed by atoms with Gasteiger partial charge in [-0.1, -0.05) is 32.9 Å². The fourth-order valence-electron chi connectivity index (χ4n) is 2.64. The number of Topliss-reactive ketones (excluding diaryl/α,β-unsaturated/α-hetero) is 1. The van der Waals surface area contributed by atoms with E-state index in [2.05, 4.69) is 5.10 Å². The van der Waals surface area contributed by atoms with Crippen LogP contribution in [0, 0.1) is 11.8 Å². The summed E-state index contributed by atoms with van der Waals surface area (Å²) in [6.45, 7) is 7.62. The molecule has 0 aromatic rings. The molecule has 0 aromatic heterocycles. The average molecular weight is 427 g/mol. The van der Waals surface area contributed by atoms with Crippen molar-refractivity contribution in [2.24, 2.45) is 16.9 Å². The molecule has 0 radical (unpaired) electrons. The molecule has 1 rings (SSSR count). The van der Waals surface area contributed by atoms with E-state index in [1.54, 1.807) is 20.4 Å². The second-order valence-corrected chi connectivity index (χ2v) is 8.61. The Bertz CT molecular complexity index is 643. The highest BCUT2D eigenvalue weighted by Crippen LogP contribution is 2.29. The SMILES string of the molecule is CCC1=C(OCOC)C(/C=N/N(C)[S+]([O-])CC(C)C)C=CCC=C1OCC(C)=O. The predicted octanol–water partition coefficient (Wildman–Crippen LogP) is 3.57. The van der Waals surface area contributed by atoms with Crippen molar-refractivity contribution in [1.82, 2.24) is 4.41 Å². The van der Waals surface area contributed by atoms with Crippen molar-refractivity contribution in [3.8, 4) is 0 Å². The second-order valence-electron chi connectivity index (χ2n) is 7.11. The van der Waals surface area contributed by atoms with Crippen molar-refractivity contribution in [2.45, 2.75) is 40.5 Å². The molecule has 0 amide bonds. The van der Waals surface area contributed by atoms with Crippen LogP contribution in [0.5, 0.6) is 0 Å². The number of methoxy groups -OCH3 is 1. The number of nitrogens with zero attached hydrogens (tertiary/aromatic N) is 2. The van der Waals surface area contributed by atoms with Crippen molar-refractivity contribution < 1.29 is 23.6 Å². The zero-order valence-corrected chi connectivity index (χ0v) is 19.2. The molecule has 8 heteroatoms. The van der Waals surface area contributed by atoms with Crippen LogP contribution < -0.4 is 0 Å². The molecule has 29 heavy (non-hydrogen) atoms. The van der Waals surface area contributed by atoms with E-state index >= 15 is 0 Å². The number of carbonyl (C=O) groups excluding carboxylic acids is 1. The normalized spacial score (nSPS) is 18.5. The minimum Gasteiger partial charge on any atom is -0.592 e. The molecular weight excluding hydrogens is 392 g/mol. The number of allylic oxidation sites excluding steroid dienone is 4. The van der Waals surface area contributed by atoms with E-state index in [0.717, 1.165) is 5.57 Å². The largest absolute Gasteiger partial charge is 0.592 e. The Morgan fingerprint density at radius 2 is 2.17 bits per heavy atom. The molecule has 0 aliphatic heterocycles. The quantitative estimate of drug-likeness (QED) is 0.156. The van der Waals surface area contributed by atoms with E-state index in [9.17, 15) is 9.35 Å². The van der Waals surface area contributed by atoms with E-state index in [1.165, 1.54) is 11.3 Å². The maximum absolute atomic E-state index is 12.3. The topological polar surface area (TPSA) is 83.4 Å². The number of ketones is 1. The number of hydrogen-bond acceptors (Lipinski definition) is 7. The molecular formula is C21H34N2O5S. The zero-order chi connectivity index (χ0) is 21.8. The summed E-state index contributed by atoms with van der Waals surface area (Å²) in [5, 5.41) is 4.39. The molecule has 2 unspecified atom stereocenters. The van der Waals surface area contributed by atoms with Crippen molar-refractivity contribution in [3.05, 3.63) is 35.3 Å². The third kappa shape index (κ3) is 9.06. The van der Waals surface area contributed by atoms with E-state index < -0.39 is 11.4 Å². The highest BCUT2D eigenvalue weighted by molar-refractivity contribution is 7.89. The van der Waals surface area contributed by atoms with Gasteiger partial charge in [0.1, 0.15) is 23.9 Å². The van der Waals surface area contributed by atoms with Crippen LogP contribution >= 0.6 is 0 Å². The molecule has 0 heterocycles. The Labute approximate surface area is 177 Å². The minimum atomic E-state index is -1.19. The van der Waals surface area contributed by atoms with Crippen molar-refractivity contribution in [2.75, 3.05) is 33.3 Å². The van der Waals surface area contributed by atoms with Crippen LogP contribution in [0.2, 0.25) is 0 Å². The summed E-state index contributed by atoms with van der Waals surface area (Å²) in [7, 11) is 3.25. The lowest BCUT2D eigenvalue weighted by atomic mass is 9.97. The molecule has 7 nitrogen and oxygen atoms in total. The van der Waals surface area contributed by atoms with Crippen LogP contribution in [-0.2, 0) is 30.4 Å². The summed E-state index contributed by atoms with van der Waals surface area (Å²) in [5.41, 5.74) is 0.857. The summed E-state index contributed by atoms with van der Waals surface area (Å²) in [6.07, 6.45) is 8.93. The maximum atomic E-state index is 12.3. The monoisotopic (exact) mass is 426 g/mol. The molecule has 1 aliphatic rings. The van der Waals surface area contributed by atoms with Crippen molar-refractivity contribution in [1.29, 1.82) is 0 Å². The summed E-state index contributed by atoms with van der Waals surface area (Å²) < 4.78 is 30.5. The molecule has 0 spiro atoms. The third-order valence-corrected chi connectivity index (χ3v) is 5.59. The molecule has 0 fully saturated rings. The Hall–Kier alpha value is -1.77. The Morgan fingerprint density at radius 3 is 2.76 bits per heavy atom. The second kappa shape index (κ2) is 13.5. The van der Waals surface area contributed by atoms with Gasteiger partial charge < -0.3 is 18.8 Å². The van der Waals surface area contributed by atoms with Crippen molar-refractivity contribution >= 4 is 23.4 Å². The van der Waals surface area contributed by atoms with Gasteiger partial charge in [-0.2, -0.15) is 0 Å². The lowest BCUT2D eigenvalue weighted by molar-refractivity contribution is -0.120. The van der Waals surface area contributed by atoms with Gasteiger partial charge in [-0.3, -0.25) is 4.79 Å². The molecule has 0 saturated carbocycles. The third-order valence-electron chi connectivity index (χ3n) is 3.96. The number of hydrogen-bond donors (Lipinski definition) is 0. The van der Waals surface area contributed by atoms with Gasteiger partial charge in [0.25, 0.3) is 0 Å². The van der Waals surface area contributed by atoms with Crippen LogP contribution in [0.4, 0.5) is 0 Å². The fraction of sp³-hybridized carbons (Fsp3) is 0.619. The lowest BCUT2D eigenvalue weighted by Gasteiger charge is -2.23. The van der Waals surface area contributed by atoms with Gasteiger partial charge in [-0.25, -0.2) is 0 Å². The summed E-state index contributed by atoms with van der Waals surface area (Å²) >= 11 is -1.19. The first-order valence-corrected chi connectivity index (χ1v) is 11.1. The van der Waals surface area contributed by atoms with Gasteiger partial charge in [-0.15, -0.1) is 9.52 Å². The number of rotatable bonds is 12. The van der Waals surface area contributed by atoms with E-state index in [-0.39, 0.29) is 25.1 Å². The van der Waals surface area contributed by atoms with Crippen LogP contribution in [0.3, 0.4) is 0 Å². The van der Waals surface area contributed by atoms with Gasteiger partial charge in [0, 0.05) is 24.8 Å². The molecule has 0 aromatic carbocycles. The average Bonchev–Trinajstić information content (AvgIpc) is 2.65. The first-order valence-electron chi connectivity index (χ1n) is 9.80. The highest BCUT2D eigenvalue weighted by atomic mass is 32.2. The van der Waals surface area contributed by atoms with E-state index in [1.807, 2.05) is 39.0 Å². The Kier molecular flexibility index (Phi) is 11.7. The van der Waals surface area contributed by atoms with Crippen LogP contribution in [0.25, 0.3) is 0 Å². The van der Waals surface area contributed by atoms with Gasteiger partial charge in [0.05, 0.1) is 24.3 Å². The summed E-state index contributed by atoms with van der Waals surface area (Å²) in [5.74, 6) is 1.81. The van der Waals surface area contributed by atoms with Crippen LogP contribution in [0.15, 0.2) is 40.4 Å². The van der Waals surface area contributed by atoms with Crippen LogP contribution in [0.1, 0.15) is 40.5 Å². The fourth-order valence-corrected chi connectivity index (χ4v) is 3.59. The smallest absolute Gasteiger partial charge is 0.188 e. The standard InChI is InChI=1S/C21H34N2O5S/c1-7-19-20(27-13-17(4)24)11-9-8-10-18(21(19)28-15-26-6)12-22-23(5)29(25)14-16(2)3/h8,10-12,16,18H,7,9,13-15H2,1-6H3/b10-8?,20-11?,21-19?,22-12+. The first-order chi connectivity index (χ1) is 13.8. The Morgan fingerprint density at radius 1 is 1.45 bits per heavy atom. The highest BCUT2D eigenvalue weighted by Gasteiger charge is 2.22. The molecule has 2 atom stereocenters. The molecule has 0 saturated heterocycles. The zero-order valence-electron chi connectivity index (χ0n) is 18.3. The first kappa shape index (κ1) is 25.3. The van der Waals surface area contributed by atoms with Crippen LogP contribution in [-0.4, -0.2) is 54.3 Å². The summed E-state index contributed by atoms with van der Waals surface area (Å²) in [4.78, 5) is 11.4. The molecule has 164 valence electrons. The van der Waals surface area contributed by atoms with Gasteiger partial charge in [-0.05, 0) is 25.8 Å². The molecule has 0 bridgehead atoms. The number of ether oxygens (including phenoxy) is 3. The number of carbonyl (C=O) groups is 1. The predicted molar refractivity (Wildman–Crippen MR) is 116 cm³/mol. The van der Waals surface area contributed by atoms with Gasteiger partial charge in [0.15, 0.2) is 12.6 Å². The lowest BCUT2D eigenvalue weighted by Crippen LogP contribution is -2.27. The molecule has 0 N–H and O–H groups in total. The summed E-state index contributed by atoms with van der Waals surface area (Å²) in [6, 6.07) is 0. The maximum Gasteiger partial charge on any atom is 0.188 e. The van der Waals surface area contributed by atoms with E-state index in [0.29, 0.717) is 36.0 Å². The Balaban J connectivity index is 3.19.